The molecule has 3 heteroatoms. The lowest BCUT2D eigenvalue weighted by Crippen LogP contribution is -2.37. The zero-order valence-electron chi connectivity index (χ0n) is 13.7. The quantitative estimate of drug-likeness (QED) is 0.849. The molecule has 1 aromatic rings. The van der Waals surface area contributed by atoms with Crippen LogP contribution in [0, 0.1) is 17.7 Å². The normalized spacial score (nSPS) is 24.1. The van der Waals surface area contributed by atoms with E-state index in [0.29, 0.717) is 6.04 Å². The van der Waals surface area contributed by atoms with Crippen molar-refractivity contribution in [2.45, 2.75) is 58.5 Å². The molecule has 0 aromatic heterocycles. The van der Waals surface area contributed by atoms with E-state index in [1.165, 1.54) is 31.7 Å². The molecular formula is C18H28FNO. The Bertz CT molecular complexity index is 461. The second-order valence-electron chi connectivity index (χ2n) is 6.64. The summed E-state index contributed by atoms with van der Waals surface area (Å²) in [4.78, 5) is 0. The second-order valence-corrected chi connectivity index (χ2v) is 6.64. The van der Waals surface area contributed by atoms with Gasteiger partial charge in [0.05, 0.1) is 7.11 Å². The molecule has 0 saturated heterocycles. The molecule has 0 bridgehead atoms. The van der Waals surface area contributed by atoms with Gasteiger partial charge in [-0.1, -0.05) is 26.7 Å². The fourth-order valence-electron chi connectivity index (χ4n) is 3.47. The van der Waals surface area contributed by atoms with E-state index in [9.17, 15) is 4.39 Å². The molecule has 3 unspecified atom stereocenters. The van der Waals surface area contributed by atoms with Gasteiger partial charge in [-0.2, -0.15) is 0 Å². The van der Waals surface area contributed by atoms with E-state index in [2.05, 4.69) is 26.1 Å². The molecule has 1 aliphatic carbocycles. The summed E-state index contributed by atoms with van der Waals surface area (Å²) in [6.07, 6.45) is 5.06. The maximum atomic E-state index is 13.5. The van der Waals surface area contributed by atoms with Crippen LogP contribution >= 0.6 is 0 Å². The highest BCUT2D eigenvalue weighted by Gasteiger charge is 2.25. The summed E-state index contributed by atoms with van der Waals surface area (Å²) < 4.78 is 18.9. The van der Waals surface area contributed by atoms with E-state index >= 15 is 0 Å². The summed E-state index contributed by atoms with van der Waals surface area (Å²) in [6.45, 7) is 6.72. The molecule has 118 valence electrons. The maximum absolute atomic E-state index is 13.5. The minimum absolute atomic E-state index is 0.103. The van der Waals surface area contributed by atoms with Gasteiger partial charge in [0.2, 0.25) is 0 Å². The number of rotatable bonds is 5. The Hall–Kier alpha value is -1.09. The van der Waals surface area contributed by atoms with Crippen LogP contribution in [0.3, 0.4) is 0 Å². The number of benzene rings is 1. The van der Waals surface area contributed by atoms with Gasteiger partial charge in [0.1, 0.15) is 11.6 Å². The summed E-state index contributed by atoms with van der Waals surface area (Å²) in [5.74, 6) is 2.10. The molecule has 1 fully saturated rings. The van der Waals surface area contributed by atoms with Gasteiger partial charge in [-0.15, -0.1) is 0 Å². The van der Waals surface area contributed by atoms with Crippen molar-refractivity contribution in [1.29, 1.82) is 0 Å². The van der Waals surface area contributed by atoms with Crippen molar-refractivity contribution in [2.24, 2.45) is 11.8 Å². The summed E-state index contributed by atoms with van der Waals surface area (Å²) >= 11 is 0. The predicted molar refractivity (Wildman–Crippen MR) is 85.1 cm³/mol. The fourth-order valence-corrected chi connectivity index (χ4v) is 3.47. The van der Waals surface area contributed by atoms with Crippen LogP contribution in [0.15, 0.2) is 18.2 Å². The van der Waals surface area contributed by atoms with Gasteiger partial charge >= 0.3 is 0 Å². The van der Waals surface area contributed by atoms with E-state index in [-0.39, 0.29) is 11.9 Å². The molecule has 21 heavy (non-hydrogen) atoms. The number of hydrogen-bond donors (Lipinski definition) is 1. The smallest absolute Gasteiger partial charge is 0.123 e. The molecule has 2 nitrogen and oxygen atoms in total. The summed E-state index contributed by atoms with van der Waals surface area (Å²) in [7, 11) is 1.64. The largest absolute Gasteiger partial charge is 0.496 e. The van der Waals surface area contributed by atoms with Crippen LogP contribution in [0.2, 0.25) is 0 Å². The van der Waals surface area contributed by atoms with Crippen LogP contribution in [0.4, 0.5) is 4.39 Å². The topological polar surface area (TPSA) is 21.3 Å². The van der Waals surface area contributed by atoms with Gasteiger partial charge in [-0.05, 0) is 49.8 Å². The minimum atomic E-state index is -0.205. The van der Waals surface area contributed by atoms with E-state index in [1.807, 2.05) is 0 Å². The van der Waals surface area contributed by atoms with Crippen molar-refractivity contribution < 1.29 is 9.13 Å². The van der Waals surface area contributed by atoms with Crippen molar-refractivity contribution in [2.75, 3.05) is 7.11 Å². The molecule has 3 atom stereocenters. The maximum Gasteiger partial charge on any atom is 0.123 e. The number of hydrogen-bond acceptors (Lipinski definition) is 2. The molecule has 1 saturated carbocycles. The van der Waals surface area contributed by atoms with Crippen LogP contribution in [-0.2, 0) is 0 Å². The van der Waals surface area contributed by atoms with Crippen molar-refractivity contribution in [3.05, 3.63) is 29.6 Å². The summed E-state index contributed by atoms with van der Waals surface area (Å²) in [5.41, 5.74) is 0.907. The van der Waals surface area contributed by atoms with Crippen LogP contribution in [0.5, 0.6) is 5.75 Å². The summed E-state index contributed by atoms with van der Waals surface area (Å²) in [6, 6.07) is 5.37. The molecule has 1 N–H and O–H groups in total. The summed E-state index contributed by atoms with van der Waals surface area (Å²) in [5, 5.41) is 3.68. The van der Waals surface area contributed by atoms with Crippen molar-refractivity contribution in [3.8, 4) is 5.75 Å². The third-order valence-electron chi connectivity index (χ3n) is 4.80. The van der Waals surface area contributed by atoms with Crippen LogP contribution < -0.4 is 10.1 Å². The molecule has 0 radical (unpaired) electrons. The Kier molecular flexibility index (Phi) is 5.63. The molecule has 2 rings (SSSR count). The first-order valence-electron chi connectivity index (χ1n) is 8.10. The fraction of sp³-hybridized carbons (Fsp3) is 0.667. The molecule has 0 heterocycles. The minimum Gasteiger partial charge on any atom is -0.496 e. The highest BCUT2D eigenvalue weighted by atomic mass is 19.1. The lowest BCUT2D eigenvalue weighted by atomic mass is 9.79. The zero-order valence-corrected chi connectivity index (χ0v) is 13.7. The highest BCUT2D eigenvalue weighted by molar-refractivity contribution is 5.36. The second kappa shape index (κ2) is 7.26. The van der Waals surface area contributed by atoms with E-state index in [0.717, 1.165) is 23.1 Å². The van der Waals surface area contributed by atoms with Crippen molar-refractivity contribution in [1.82, 2.24) is 5.32 Å². The zero-order chi connectivity index (χ0) is 15.4. The first-order valence-corrected chi connectivity index (χ1v) is 8.10. The van der Waals surface area contributed by atoms with E-state index < -0.39 is 0 Å². The molecule has 0 aliphatic heterocycles. The Morgan fingerprint density at radius 2 is 2.00 bits per heavy atom. The lowest BCUT2D eigenvalue weighted by Gasteiger charge is -2.34. The van der Waals surface area contributed by atoms with Gasteiger partial charge in [0.25, 0.3) is 0 Å². The number of halogens is 1. The standard InChI is InChI=1S/C18H28FNO/c1-12(2)14-6-5-7-16(10-14)20-13(3)17-11-15(19)8-9-18(17)21-4/h8-9,11-14,16,20H,5-7,10H2,1-4H3. The van der Waals surface area contributed by atoms with Crippen molar-refractivity contribution in [3.63, 3.8) is 0 Å². The average Bonchev–Trinajstić information content (AvgIpc) is 2.47. The number of nitrogens with one attached hydrogen (secondary N) is 1. The van der Waals surface area contributed by atoms with Gasteiger partial charge < -0.3 is 10.1 Å². The Balaban J connectivity index is 2.04. The Morgan fingerprint density at radius 1 is 1.24 bits per heavy atom. The molecular weight excluding hydrogens is 265 g/mol. The molecule has 0 spiro atoms. The first kappa shape index (κ1) is 16.3. The number of methoxy groups -OCH3 is 1. The van der Waals surface area contributed by atoms with Gasteiger partial charge in [0.15, 0.2) is 0 Å². The third-order valence-corrected chi connectivity index (χ3v) is 4.80. The van der Waals surface area contributed by atoms with Crippen LogP contribution in [0.25, 0.3) is 0 Å². The van der Waals surface area contributed by atoms with Gasteiger partial charge in [0, 0.05) is 17.6 Å². The molecule has 1 aromatic carbocycles. The third kappa shape index (κ3) is 4.19. The highest BCUT2D eigenvalue weighted by Crippen LogP contribution is 2.32. The van der Waals surface area contributed by atoms with Gasteiger partial charge in [-0.3, -0.25) is 0 Å². The van der Waals surface area contributed by atoms with Crippen LogP contribution in [0.1, 0.15) is 58.1 Å². The lowest BCUT2D eigenvalue weighted by molar-refractivity contribution is 0.222. The monoisotopic (exact) mass is 293 g/mol. The Morgan fingerprint density at radius 3 is 2.67 bits per heavy atom. The first-order chi connectivity index (χ1) is 10.0. The number of ether oxygens (including phenoxy) is 1. The predicted octanol–water partition coefficient (Wildman–Crippen LogP) is 4.70. The Labute approximate surface area is 128 Å². The van der Waals surface area contributed by atoms with Crippen LogP contribution in [-0.4, -0.2) is 13.2 Å². The molecule has 1 aliphatic rings. The van der Waals surface area contributed by atoms with Gasteiger partial charge in [-0.25, -0.2) is 4.39 Å². The van der Waals surface area contributed by atoms with E-state index in [1.54, 1.807) is 19.2 Å². The SMILES string of the molecule is COc1ccc(F)cc1C(C)NC1CCCC(C(C)C)C1. The van der Waals surface area contributed by atoms with E-state index in [4.69, 9.17) is 4.74 Å². The average molecular weight is 293 g/mol. The van der Waals surface area contributed by atoms with Crippen molar-refractivity contribution >= 4 is 0 Å². The molecule has 0 amide bonds.